The Labute approximate surface area is 349 Å². The summed E-state index contributed by atoms with van der Waals surface area (Å²) in [6.45, 7) is 30.0. The van der Waals surface area contributed by atoms with Crippen molar-refractivity contribution in [2.45, 2.75) is 137 Å². The third-order valence-corrected chi connectivity index (χ3v) is 13.3. The number of carbonyl (C=O) groups excluding carboxylic acids is 1. The molecule has 7 heterocycles. The number of hydrogen-bond donors (Lipinski definition) is 0. The molecule has 7 fully saturated rings. The first-order valence-corrected chi connectivity index (χ1v) is 22.8. The van der Waals surface area contributed by atoms with Crippen molar-refractivity contribution in [1.29, 1.82) is 0 Å². The first kappa shape index (κ1) is 53.3. The Morgan fingerprint density at radius 2 is 1.04 bits per heavy atom. The van der Waals surface area contributed by atoms with Gasteiger partial charge in [0.05, 0.1) is 19.3 Å². The van der Waals surface area contributed by atoms with Crippen LogP contribution in [-0.4, -0.2) is 205 Å². The van der Waals surface area contributed by atoms with Gasteiger partial charge in [-0.05, 0) is 157 Å². The number of carbonyl (C=O) groups is 1. The average Bonchev–Trinajstić information content (AvgIpc) is 3.38. The Hall–Kier alpha value is -0.690. The van der Waals surface area contributed by atoms with Crippen LogP contribution in [0, 0.1) is 17.8 Å². The van der Waals surface area contributed by atoms with Crippen molar-refractivity contribution in [3.8, 4) is 0 Å². The van der Waals surface area contributed by atoms with Gasteiger partial charge in [-0.25, -0.2) is 0 Å². The summed E-state index contributed by atoms with van der Waals surface area (Å²) < 4.78 is 10.7. The second kappa shape index (κ2) is 30.4. The molecule has 7 aliphatic heterocycles. The maximum Gasteiger partial charge on any atom is 0.159 e. The van der Waals surface area contributed by atoms with Gasteiger partial charge in [0, 0.05) is 64.4 Å². The van der Waals surface area contributed by atoms with Crippen LogP contribution >= 0.6 is 0 Å². The summed E-state index contributed by atoms with van der Waals surface area (Å²) in [6, 6.07) is 1.88. The van der Waals surface area contributed by atoms with Crippen LogP contribution in [0.5, 0.6) is 0 Å². The van der Waals surface area contributed by atoms with Gasteiger partial charge in [0.2, 0.25) is 0 Å². The monoisotopic (exact) mass is 796 g/mol. The quantitative estimate of drug-likeness (QED) is 0.316. The first-order valence-electron chi connectivity index (χ1n) is 22.8. The zero-order valence-corrected chi connectivity index (χ0v) is 38.6. The van der Waals surface area contributed by atoms with Crippen molar-refractivity contribution in [1.82, 2.24) is 34.3 Å². The van der Waals surface area contributed by atoms with Crippen LogP contribution in [0.25, 0.3) is 0 Å². The molecule has 4 unspecified atom stereocenters. The van der Waals surface area contributed by atoms with Gasteiger partial charge in [0.25, 0.3) is 0 Å². The van der Waals surface area contributed by atoms with Crippen molar-refractivity contribution >= 4 is 5.78 Å². The summed E-state index contributed by atoms with van der Waals surface area (Å²) in [5, 5.41) is 0. The number of nitrogens with zero attached hydrogens (tertiary/aromatic N) is 7. The summed E-state index contributed by atoms with van der Waals surface area (Å²) >= 11 is 0. The topological polar surface area (TPSA) is 58.2 Å². The fourth-order valence-electron chi connectivity index (χ4n) is 8.59. The highest BCUT2D eigenvalue weighted by atomic mass is 16.5. The average molecular weight is 796 g/mol. The minimum atomic E-state index is -0.182. The smallest absolute Gasteiger partial charge is 0.159 e. The largest absolute Gasteiger partial charge is 0.376 e. The number of ketones is 1. The number of likely N-dealkylation sites (tertiary alicyclic amines) is 2. The van der Waals surface area contributed by atoms with Gasteiger partial charge in [-0.1, -0.05) is 48.5 Å². The van der Waals surface area contributed by atoms with Crippen LogP contribution in [0.15, 0.2) is 0 Å². The maximum absolute atomic E-state index is 10.8. The molecule has 0 aliphatic carbocycles. The number of ether oxygens (including phenoxy) is 2. The highest BCUT2D eigenvalue weighted by molar-refractivity contribution is 5.80. The Balaban J connectivity index is 0.000000335. The van der Waals surface area contributed by atoms with Crippen LogP contribution in [0.2, 0.25) is 0 Å². The molecule has 4 atom stereocenters. The summed E-state index contributed by atoms with van der Waals surface area (Å²) in [6.07, 6.45) is 14.3. The van der Waals surface area contributed by atoms with E-state index in [-0.39, 0.29) is 19.3 Å². The van der Waals surface area contributed by atoms with Crippen molar-refractivity contribution in [2.24, 2.45) is 17.8 Å². The lowest BCUT2D eigenvalue weighted by Crippen LogP contribution is -2.44. The molecule has 0 radical (unpaired) electrons. The van der Waals surface area contributed by atoms with Gasteiger partial charge in [-0.15, -0.1) is 0 Å². The predicted octanol–water partition coefficient (Wildman–Crippen LogP) is 6.49. The Morgan fingerprint density at radius 3 is 1.43 bits per heavy atom. The van der Waals surface area contributed by atoms with Crippen molar-refractivity contribution < 1.29 is 14.3 Å². The van der Waals surface area contributed by atoms with E-state index in [0.717, 1.165) is 69.0 Å². The number of piperazine rings is 1. The number of fused-ring (bicyclic) bond motifs is 2. The molecular formula is C46H97N7O3. The standard InChI is InChI=1S/C9H17N.C8H17N.C7H16N2.C7H13NO2.C7H15NO.C7H15N.CH4/c1-7-5-8-3-4-9(6-7)10(8)2;1-3-8-4-6-9(2)7-5-8;1-3-9-6-4-8(2)5-7-9;1-6(9)7-5-8(2)3-4-10-7;1-3-7-6-8(2)4-5-9-7;1-7-3-5-8(2)6-4-7;/h7-9H,3-6H2,1-2H3;8H,3-7H2,1-2H3;3-7H2,1-2H3;7H,3-5H2,1-2H3;7H,3-6H2,1-2H3;7H,3-6H2,1-2H3;1H4. The number of rotatable bonds is 4. The molecule has 7 aliphatic rings. The van der Waals surface area contributed by atoms with Gasteiger partial charge >= 0.3 is 0 Å². The normalized spacial score (nSPS) is 30.2. The Bertz CT molecular complexity index is 907. The summed E-state index contributed by atoms with van der Waals surface area (Å²) in [5.74, 6) is 3.13. The molecule has 7 rings (SSSR count). The van der Waals surface area contributed by atoms with E-state index in [2.05, 4.69) is 104 Å². The molecule has 0 amide bonds. The minimum absolute atomic E-state index is 0. The van der Waals surface area contributed by atoms with Gasteiger partial charge in [0.1, 0.15) is 6.10 Å². The zero-order valence-electron chi connectivity index (χ0n) is 38.6. The molecule has 0 aromatic rings. The maximum atomic E-state index is 10.8. The third kappa shape index (κ3) is 22.6. The third-order valence-electron chi connectivity index (χ3n) is 13.3. The van der Waals surface area contributed by atoms with E-state index >= 15 is 0 Å². The predicted molar refractivity (Wildman–Crippen MR) is 241 cm³/mol. The van der Waals surface area contributed by atoms with Crippen molar-refractivity contribution in [2.75, 3.05) is 141 Å². The van der Waals surface area contributed by atoms with Crippen molar-refractivity contribution in [3.63, 3.8) is 0 Å². The molecule has 2 bridgehead atoms. The number of hydrogen-bond acceptors (Lipinski definition) is 10. The molecule has 334 valence electrons. The SMILES string of the molecule is C.CC(=O)C1CN(C)CCO1.CC1CC2CCC(C1)N2C.CC1CCN(C)CC1.CCC1CCN(C)CC1.CCC1CN(C)CCO1.CCN1CCN(C)CC1. The molecule has 10 nitrogen and oxygen atoms in total. The molecule has 0 N–H and O–H groups in total. The van der Waals surface area contributed by atoms with Crippen LogP contribution in [0.4, 0.5) is 0 Å². The van der Waals surface area contributed by atoms with E-state index in [1.165, 1.54) is 117 Å². The minimum Gasteiger partial charge on any atom is -0.376 e. The number of Topliss-reactive ketones (excluding diaryl/α,β-unsaturated/α-hetero) is 1. The molecule has 10 heteroatoms. The van der Waals surface area contributed by atoms with E-state index in [0.29, 0.717) is 12.7 Å². The van der Waals surface area contributed by atoms with Gasteiger partial charge in [-0.2, -0.15) is 0 Å². The summed E-state index contributed by atoms with van der Waals surface area (Å²) in [7, 11) is 13.0. The first-order chi connectivity index (χ1) is 26.2. The summed E-state index contributed by atoms with van der Waals surface area (Å²) in [5.41, 5.74) is 0. The molecule has 0 saturated carbocycles. The molecule has 0 aromatic carbocycles. The van der Waals surface area contributed by atoms with Crippen LogP contribution in [0.3, 0.4) is 0 Å². The van der Waals surface area contributed by atoms with Gasteiger partial charge in [0.15, 0.2) is 5.78 Å². The number of likely N-dealkylation sites (N-methyl/N-ethyl adjacent to an activating group) is 4. The van der Waals surface area contributed by atoms with Crippen LogP contribution in [0.1, 0.15) is 113 Å². The fourth-order valence-corrected chi connectivity index (χ4v) is 8.59. The molecule has 0 spiro atoms. The van der Waals surface area contributed by atoms with Crippen LogP contribution < -0.4 is 0 Å². The lowest BCUT2D eigenvalue weighted by molar-refractivity contribution is -0.133. The molecular weight excluding hydrogens is 699 g/mol. The van der Waals surface area contributed by atoms with Crippen molar-refractivity contribution in [3.05, 3.63) is 0 Å². The van der Waals surface area contributed by atoms with Gasteiger partial charge < -0.3 is 43.8 Å². The zero-order chi connectivity index (χ0) is 40.8. The molecule has 7 saturated heterocycles. The molecule has 56 heavy (non-hydrogen) atoms. The lowest BCUT2D eigenvalue weighted by atomic mass is 9.93. The molecule has 0 aromatic heterocycles. The Kier molecular flexibility index (Phi) is 28.9. The number of piperidine rings is 3. The summed E-state index contributed by atoms with van der Waals surface area (Å²) in [4.78, 5) is 27.5. The fraction of sp³-hybridized carbons (Fsp3) is 0.978. The second-order valence-electron chi connectivity index (χ2n) is 18.4. The van der Waals surface area contributed by atoms with Gasteiger partial charge in [-0.3, -0.25) is 4.79 Å². The highest BCUT2D eigenvalue weighted by Gasteiger charge is 2.36. The van der Waals surface area contributed by atoms with E-state index in [9.17, 15) is 4.79 Å². The Morgan fingerprint density at radius 1 is 0.554 bits per heavy atom. The van der Waals surface area contributed by atoms with E-state index in [1.807, 2.05) is 7.05 Å². The van der Waals surface area contributed by atoms with E-state index in [1.54, 1.807) is 6.92 Å². The lowest BCUT2D eigenvalue weighted by Gasteiger charge is -2.34. The van der Waals surface area contributed by atoms with Crippen LogP contribution in [-0.2, 0) is 14.3 Å². The highest BCUT2D eigenvalue weighted by Crippen LogP contribution is 2.36. The van der Waals surface area contributed by atoms with E-state index < -0.39 is 0 Å². The number of morpholine rings is 2. The van der Waals surface area contributed by atoms with E-state index in [4.69, 9.17) is 9.47 Å². The second-order valence-corrected chi connectivity index (χ2v) is 18.4.